The van der Waals surface area contributed by atoms with Crippen LogP contribution in [0.15, 0.2) is 73.4 Å². The van der Waals surface area contributed by atoms with Crippen molar-refractivity contribution in [3.8, 4) is 17.5 Å². The van der Waals surface area contributed by atoms with E-state index in [1.54, 1.807) is 64.5 Å². The van der Waals surface area contributed by atoms with Gasteiger partial charge in [-0.05, 0) is 42.5 Å². The SMILES string of the molecule is CN1CCN(c2cccc(-n3cnc4cnc5ccc(C#Cc6cccnc6)cc5c43)c2F)CC1=O. The van der Waals surface area contributed by atoms with Gasteiger partial charge in [0.25, 0.3) is 0 Å². The molecular formula is C28H21FN6O. The molecule has 176 valence electrons. The van der Waals surface area contributed by atoms with Crippen LogP contribution in [-0.2, 0) is 4.79 Å². The molecule has 0 bridgehead atoms. The molecule has 3 aromatic heterocycles. The van der Waals surface area contributed by atoms with Crippen molar-refractivity contribution in [3.05, 3.63) is 90.4 Å². The lowest BCUT2D eigenvalue weighted by Crippen LogP contribution is -2.48. The zero-order valence-electron chi connectivity index (χ0n) is 19.5. The molecule has 1 aliphatic rings. The maximum absolute atomic E-state index is 15.9. The van der Waals surface area contributed by atoms with E-state index in [9.17, 15) is 4.79 Å². The number of imidazole rings is 1. The van der Waals surface area contributed by atoms with E-state index in [0.717, 1.165) is 27.5 Å². The molecule has 0 atom stereocenters. The first-order valence-electron chi connectivity index (χ1n) is 11.5. The van der Waals surface area contributed by atoms with E-state index >= 15 is 4.39 Å². The summed E-state index contributed by atoms with van der Waals surface area (Å²) in [6.45, 7) is 1.27. The number of anilines is 1. The Balaban J connectivity index is 1.46. The maximum Gasteiger partial charge on any atom is 0.241 e. The summed E-state index contributed by atoms with van der Waals surface area (Å²) in [5.41, 5.74) is 4.55. The lowest BCUT2D eigenvalue weighted by molar-refractivity contribution is -0.129. The summed E-state index contributed by atoms with van der Waals surface area (Å²) in [4.78, 5) is 28.8. The summed E-state index contributed by atoms with van der Waals surface area (Å²) in [5.74, 6) is 5.87. The molecule has 1 amide bonds. The maximum atomic E-state index is 15.9. The van der Waals surface area contributed by atoms with Crippen molar-refractivity contribution in [1.82, 2.24) is 24.4 Å². The number of hydrogen-bond acceptors (Lipinski definition) is 5. The highest BCUT2D eigenvalue weighted by molar-refractivity contribution is 6.03. The minimum Gasteiger partial charge on any atom is -0.358 e. The Kier molecular flexibility index (Phi) is 5.30. The summed E-state index contributed by atoms with van der Waals surface area (Å²) in [6.07, 6.45) is 6.72. The molecule has 36 heavy (non-hydrogen) atoms. The Labute approximate surface area is 206 Å². The number of carbonyl (C=O) groups is 1. The molecule has 0 unspecified atom stereocenters. The number of carbonyl (C=O) groups excluding carboxylic acids is 1. The van der Waals surface area contributed by atoms with Crippen LogP contribution in [0, 0.1) is 17.7 Å². The van der Waals surface area contributed by atoms with Gasteiger partial charge in [-0.3, -0.25) is 19.3 Å². The molecule has 2 aromatic carbocycles. The number of aromatic nitrogens is 4. The molecule has 1 fully saturated rings. The number of halogens is 1. The minimum atomic E-state index is -0.397. The highest BCUT2D eigenvalue weighted by Gasteiger charge is 2.25. The van der Waals surface area contributed by atoms with E-state index < -0.39 is 5.82 Å². The molecule has 0 spiro atoms. The van der Waals surface area contributed by atoms with Crippen LogP contribution >= 0.6 is 0 Å². The Hall–Kier alpha value is -4.77. The van der Waals surface area contributed by atoms with E-state index in [0.29, 0.717) is 30.0 Å². The van der Waals surface area contributed by atoms with Gasteiger partial charge >= 0.3 is 0 Å². The van der Waals surface area contributed by atoms with Crippen molar-refractivity contribution >= 4 is 33.5 Å². The van der Waals surface area contributed by atoms with E-state index in [1.807, 2.05) is 30.3 Å². The molecule has 0 aliphatic carbocycles. The summed E-state index contributed by atoms with van der Waals surface area (Å²) in [5, 5.41) is 0.822. The molecule has 5 aromatic rings. The van der Waals surface area contributed by atoms with Gasteiger partial charge in [0.1, 0.15) is 11.8 Å². The Morgan fingerprint density at radius 3 is 2.61 bits per heavy atom. The fourth-order valence-electron chi connectivity index (χ4n) is 4.44. The number of pyridine rings is 2. The van der Waals surface area contributed by atoms with Crippen molar-refractivity contribution in [2.45, 2.75) is 0 Å². The number of rotatable bonds is 2. The Morgan fingerprint density at radius 2 is 1.78 bits per heavy atom. The van der Waals surface area contributed by atoms with Crippen LogP contribution < -0.4 is 4.90 Å². The van der Waals surface area contributed by atoms with Crippen LogP contribution in [0.1, 0.15) is 11.1 Å². The van der Waals surface area contributed by atoms with Gasteiger partial charge < -0.3 is 9.80 Å². The van der Waals surface area contributed by atoms with E-state index in [1.165, 1.54) is 0 Å². The molecule has 4 heterocycles. The lowest BCUT2D eigenvalue weighted by Gasteiger charge is -2.33. The third-order valence-corrected chi connectivity index (χ3v) is 6.40. The molecular weight excluding hydrogens is 455 g/mol. The highest BCUT2D eigenvalue weighted by Crippen LogP contribution is 2.31. The van der Waals surface area contributed by atoms with Gasteiger partial charge in [-0.2, -0.15) is 0 Å². The van der Waals surface area contributed by atoms with Gasteiger partial charge in [0.15, 0.2) is 5.82 Å². The fraction of sp³-hybridized carbons (Fsp3) is 0.143. The Morgan fingerprint density at radius 1 is 0.917 bits per heavy atom. The van der Waals surface area contributed by atoms with Crippen LogP contribution in [0.25, 0.3) is 27.6 Å². The summed E-state index contributed by atoms with van der Waals surface area (Å²) < 4.78 is 17.6. The van der Waals surface area contributed by atoms with Crippen LogP contribution in [0.4, 0.5) is 10.1 Å². The first-order valence-corrected chi connectivity index (χ1v) is 11.5. The van der Waals surface area contributed by atoms with Crippen LogP contribution in [0.5, 0.6) is 0 Å². The van der Waals surface area contributed by atoms with Crippen LogP contribution in [0.3, 0.4) is 0 Å². The van der Waals surface area contributed by atoms with Crippen molar-refractivity contribution < 1.29 is 9.18 Å². The van der Waals surface area contributed by atoms with Crippen molar-refractivity contribution in [2.75, 3.05) is 31.6 Å². The van der Waals surface area contributed by atoms with E-state index in [2.05, 4.69) is 26.8 Å². The van der Waals surface area contributed by atoms with E-state index in [-0.39, 0.29) is 12.5 Å². The second-order valence-electron chi connectivity index (χ2n) is 8.68. The monoisotopic (exact) mass is 476 g/mol. The largest absolute Gasteiger partial charge is 0.358 e. The van der Waals surface area contributed by atoms with Gasteiger partial charge in [0.05, 0.1) is 35.1 Å². The second kappa shape index (κ2) is 8.78. The molecule has 0 saturated carbocycles. The predicted molar refractivity (Wildman–Crippen MR) is 136 cm³/mol. The number of fused-ring (bicyclic) bond motifs is 3. The molecule has 0 radical (unpaired) electrons. The number of nitrogens with zero attached hydrogens (tertiary/aromatic N) is 6. The quantitative estimate of drug-likeness (QED) is 0.363. The Bertz CT molecular complexity index is 1690. The number of benzene rings is 2. The van der Waals surface area contributed by atoms with Gasteiger partial charge in [0, 0.05) is 49.0 Å². The lowest BCUT2D eigenvalue weighted by atomic mass is 10.1. The zero-order chi connectivity index (χ0) is 24.6. The summed E-state index contributed by atoms with van der Waals surface area (Å²) in [6, 6.07) is 14.7. The fourth-order valence-corrected chi connectivity index (χ4v) is 4.44. The zero-order valence-corrected chi connectivity index (χ0v) is 19.5. The third kappa shape index (κ3) is 3.81. The van der Waals surface area contributed by atoms with Gasteiger partial charge in [0.2, 0.25) is 5.91 Å². The van der Waals surface area contributed by atoms with Gasteiger partial charge in [-0.25, -0.2) is 9.37 Å². The molecule has 0 N–H and O–H groups in total. The summed E-state index contributed by atoms with van der Waals surface area (Å²) in [7, 11) is 1.76. The van der Waals surface area contributed by atoms with Crippen molar-refractivity contribution in [1.29, 1.82) is 0 Å². The van der Waals surface area contributed by atoms with Crippen LogP contribution in [0.2, 0.25) is 0 Å². The highest BCUT2D eigenvalue weighted by atomic mass is 19.1. The van der Waals surface area contributed by atoms with Gasteiger partial charge in [-0.15, -0.1) is 0 Å². The average molecular weight is 477 g/mol. The normalized spacial score (nSPS) is 13.8. The molecule has 6 rings (SSSR count). The van der Waals surface area contributed by atoms with E-state index in [4.69, 9.17) is 0 Å². The smallest absolute Gasteiger partial charge is 0.241 e. The van der Waals surface area contributed by atoms with Crippen LogP contribution in [-0.4, -0.2) is 57.0 Å². The third-order valence-electron chi connectivity index (χ3n) is 6.40. The number of hydrogen-bond donors (Lipinski definition) is 0. The van der Waals surface area contributed by atoms with Crippen molar-refractivity contribution in [3.63, 3.8) is 0 Å². The number of likely N-dealkylation sites (N-methyl/N-ethyl adjacent to an activating group) is 1. The first kappa shape index (κ1) is 21.7. The first-order chi connectivity index (χ1) is 17.6. The molecule has 1 saturated heterocycles. The average Bonchev–Trinajstić information content (AvgIpc) is 3.34. The predicted octanol–water partition coefficient (Wildman–Crippen LogP) is 3.79. The number of amides is 1. The molecule has 8 heteroatoms. The molecule has 7 nitrogen and oxygen atoms in total. The topological polar surface area (TPSA) is 67.2 Å². The van der Waals surface area contributed by atoms with Gasteiger partial charge in [-0.1, -0.05) is 17.9 Å². The number of piperazine rings is 1. The second-order valence-corrected chi connectivity index (χ2v) is 8.68. The minimum absolute atomic E-state index is 0.0314. The van der Waals surface area contributed by atoms with Crippen molar-refractivity contribution in [2.24, 2.45) is 0 Å². The summed E-state index contributed by atoms with van der Waals surface area (Å²) >= 11 is 0. The standard InChI is InChI=1S/C28H21FN6O/c1-33-12-13-34(17-26(33)36)24-5-2-6-25(27(24)29)35-18-32-23-16-31-22-10-9-19(14-21(22)28(23)35)7-8-20-4-3-11-30-15-20/h2-6,9-11,14-16,18H,12-13,17H2,1H3. The molecule has 1 aliphatic heterocycles.